The van der Waals surface area contributed by atoms with Crippen LogP contribution in [-0.4, -0.2) is 35.6 Å². The average molecular weight is 246 g/mol. The van der Waals surface area contributed by atoms with Gasteiger partial charge < -0.3 is 9.26 Å². The van der Waals surface area contributed by atoms with Crippen molar-refractivity contribution >= 4 is 5.78 Å². The maximum absolute atomic E-state index is 12.0. The molecule has 1 aliphatic heterocycles. The zero-order valence-electron chi connectivity index (χ0n) is 9.07. The summed E-state index contributed by atoms with van der Waals surface area (Å²) < 4.78 is 34.0. The minimum Gasteiger partial charge on any atom is -0.381 e. The number of rotatable bonds is 4. The number of nitrogens with zero attached hydrogens (tertiary/aromatic N) is 2. The summed E-state index contributed by atoms with van der Waals surface area (Å²) in [6, 6.07) is 0. The van der Waals surface area contributed by atoms with E-state index in [0.717, 1.165) is 12.8 Å². The van der Waals surface area contributed by atoms with Crippen molar-refractivity contribution in [1.29, 1.82) is 0 Å². The number of carbonyl (C=O) groups excluding carboxylic acids is 1. The van der Waals surface area contributed by atoms with Crippen LogP contribution < -0.4 is 0 Å². The molecule has 1 aliphatic rings. The first-order valence-corrected chi connectivity index (χ1v) is 5.38. The highest BCUT2D eigenvalue weighted by Gasteiger charge is 2.23. The fraction of sp³-hybridized carbons (Fsp3) is 0.700. The molecule has 0 bridgehead atoms. The van der Waals surface area contributed by atoms with E-state index < -0.39 is 18.6 Å². The van der Waals surface area contributed by atoms with Gasteiger partial charge in [-0.3, -0.25) is 4.79 Å². The molecule has 0 N–H and O–H groups in total. The van der Waals surface area contributed by atoms with Gasteiger partial charge in [-0.05, 0) is 12.8 Å². The molecule has 0 amide bonds. The van der Waals surface area contributed by atoms with Gasteiger partial charge in [0.15, 0.2) is 5.82 Å². The summed E-state index contributed by atoms with van der Waals surface area (Å²) in [5.74, 6) is -0.641. The van der Waals surface area contributed by atoms with E-state index in [0.29, 0.717) is 19.0 Å². The van der Waals surface area contributed by atoms with E-state index in [1.165, 1.54) is 0 Å². The molecule has 2 heterocycles. The van der Waals surface area contributed by atoms with E-state index in [2.05, 4.69) is 10.1 Å². The Labute approximate surface area is 96.1 Å². The van der Waals surface area contributed by atoms with E-state index in [1.54, 1.807) is 0 Å². The molecule has 1 fully saturated rings. The molecular weight excluding hydrogens is 234 g/mol. The summed E-state index contributed by atoms with van der Waals surface area (Å²) in [6.07, 6.45) is -1.94. The third-order valence-electron chi connectivity index (χ3n) is 2.64. The maximum atomic E-state index is 12.0. The summed E-state index contributed by atoms with van der Waals surface area (Å²) in [7, 11) is 0. The minimum absolute atomic E-state index is 0.0446. The lowest BCUT2D eigenvalue weighted by Crippen LogP contribution is -2.15. The molecule has 0 aromatic carbocycles. The smallest absolute Gasteiger partial charge is 0.296 e. The number of Topliss-reactive ketones (excluding diaryl/α,β-unsaturated/α-hetero) is 1. The number of ketones is 1. The predicted molar refractivity (Wildman–Crippen MR) is 51.8 cm³/mol. The molecule has 17 heavy (non-hydrogen) atoms. The van der Waals surface area contributed by atoms with Crippen molar-refractivity contribution in [1.82, 2.24) is 10.1 Å². The van der Waals surface area contributed by atoms with Crippen LogP contribution in [-0.2, 0) is 16.0 Å². The lowest BCUT2D eigenvalue weighted by molar-refractivity contribution is -0.129. The van der Waals surface area contributed by atoms with Gasteiger partial charge in [0.2, 0.25) is 11.7 Å². The molecule has 0 radical (unpaired) electrons. The van der Waals surface area contributed by atoms with Crippen LogP contribution >= 0.6 is 0 Å². The predicted octanol–water partition coefficient (Wildman–Crippen LogP) is 1.34. The van der Waals surface area contributed by atoms with Crippen LogP contribution in [0.4, 0.5) is 8.78 Å². The first kappa shape index (κ1) is 12.1. The van der Waals surface area contributed by atoms with Gasteiger partial charge in [-0.25, -0.2) is 8.78 Å². The first-order valence-electron chi connectivity index (χ1n) is 5.38. The topological polar surface area (TPSA) is 65.2 Å². The number of hydrogen-bond acceptors (Lipinski definition) is 5. The Balaban J connectivity index is 1.97. The normalized spacial score (nSPS) is 17.6. The van der Waals surface area contributed by atoms with Crippen LogP contribution in [0.3, 0.4) is 0 Å². The monoisotopic (exact) mass is 246 g/mol. The first-order chi connectivity index (χ1) is 8.16. The van der Waals surface area contributed by atoms with Gasteiger partial charge in [-0.1, -0.05) is 5.16 Å². The SMILES string of the molecule is O=C(Cc1nc(C2CCOCC2)no1)C(F)F. The van der Waals surface area contributed by atoms with E-state index >= 15 is 0 Å². The van der Waals surface area contributed by atoms with E-state index in [9.17, 15) is 13.6 Å². The molecule has 7 heteroatoms. The van der Waals surface area contributed by atoms with Gasteiger partial charge in [0.1, 0.15) is 0 Å². The lowest BCUT2D eigenvalue weighted by atomic mass is 10.00. The third-order valence-corrected chi connectivity index (χ3v) is 2.64. The van der Waals surface area contributed by atoms with E-state index in [-0.39, 0.29) is 11.8 Å². The van der Waals surface area contributed by atoms with Crippen molar-refractivity contribution < 1.29 is 22.8 Å². The van der Waals surface area contributed by atoms with Crippen LogP contribution in [0.5, 0.6) is 0 Å². The number of alkyl halides is 2. The van der Waals surface area contributed by atoms with Crippen molar-refractivity contribution in [3.63, 3.8) is 0 Å². The Hall–Kier alpha value is -1.37. The van der Waals surface area contributed by atoms with Crippen molar-refractivity contribution in [3.8, 4) is 0 Å². The van der Waals surface area contributed by atoms with E-state index in [4.69, 9.17) is 9.26 Å². The Morgan fingerprint density at radius 2 is 2.12 bits per heavy atom. The summed E-state index contributed by atoms with van der Waals surface area (Å²) in [5, 5.41) is 3.71. The second-order valence-corrected chi connectivity index (χ2v) is 3.88. The number of aromatic nitrogens is 2. The molecule has 0 aliphatic carbocycles. The maximum Gasteiger partial charge on any atom is 0.296 e. The second-order valence-electron chi connectivity index (χ2n) is 3.88. The van der Waals surface area contributed by atoms with Crippen LogP contribution in [0, 0.1) is 0 Å². The molecular formula is C10H12F2N2O3. The van der Waals surface area contributed by atoms with E-state index in [1.807, 2.05) is 0 Å². The number of hydrogen-bond donors (Lipinski definition) is 0. The highest BCUT2D eigenvalue weighted by molar-refractivity contribution is 5.82. The summed E-state index contributed by atoms with van der Waals surface area (Å²) in [4.78, 5) is 14.8. The summed E-state index contributed by atoms with van der Waals surface area (Å²) >= 11 is 0. The van der Waals surface area contributed by atoms with Gasteiger partial charge in [0.25, 0.3) is 6.43 Å². The second kappa shape index (κ2) is 5.31. The highest BCUT2D eigenvalue weighted by atomic mass is 19.3. The Morgan fingerprint density at radius 3 is 2.76 bits per heavy atom. The van der Waals surface area contributed by atoms with Crippen LogP contribution in [0.1, 0.15) is 30.5 Å². The molecule has 1 saturated heterocycles. The summed E-state index contributed by atoms with van der Waals surface area (Å²) in [6.45, 7) is 1.26. The van der Waals surface area contributed by atoms with Crippen molar-refractivity contribution in [2.75, 3.05) is 13.2 Å². The van der Waals surface area contributed by atoms with Crippen LogP contribution in [0.2, 0.25) is 0 Å². The van der Waals surface area contributed by atoms with Crippen molar-refractivity contribution in [3.05, 3.63) is 11.7 Å². The zero-order valence-corrected chi connectivity index (χ0v) is 9.07. The highest BCUT2D eigenvalue weighted by Crippen LogP contribution is 2.24. The van der Waals surface area contributed by atoms with Crippen molar-refractivity contribution in [2.45, 2.75) is 31.6 Å². The molecule has 1 aromatic heterocycles. The molecule has 2 rings (SSSR count). The number of halogens is 2. The molecule has 0 unspecified atom stereocenters. The molecule has 94 valence electrons. The lowest BCUT2D eigenvalue weighted by Gasteiger charge is -2.18. The van der Waals surface area contributed by atoms with Gasteiger partial charge >= 0.3 is 0 Å². The number of carbonyl (C=O) groups is 1. The molecule has 1 aromatic rings. The van der Waals surface area contributed by atoms with Crippen LogP contribution in [0.25, 0.3) is 0 Å². The molecule has 5 nitrogen and oxygen atoms in total. The minimum atomic E-state index is -2.99. The quantitative estimate of drug-likeness (QED) is 0.802. The molecule has 0 spiro atoms. The molecule has 0 saturated carbocycles. The third kappa shape index (κ3) is 3.06. The van der Waals surface area contributed by atoms with Crippen LogP contribution in [0.15, 0.2) is 4.52 Å². The Morgan fingerprint density at radius 1 is 1.41 bits per heavy atom. The van der Waals surface area contributed by atoms with Crippen molar-refractivity contribution in [2.24, 2.45) is 0 Å². The summed E-state index contributed by atoms with van der Waals surface area (Å²) in [5.41, 5.74) is 0. The van der Waals surface area contributed by atoms with Gasteiger partial charge in [0.05, 0.1) is 6.42 Å². The zero-order chi connectivity index (χ0) is 12.3. The fourth-order valence-corrected chi connectivity index (χ4v) is 1.69. The van der Waals surface area contributed by atoms with Gasteiger partial charge in [0, 0.05) is 19.1 Å². The number of ether oxygens (including phenoxy) is 1. The fourth-order valence-electron chi connectivity index (χ4n) is 1.69. The Kier molecular flexibility index (Phi) is 3.78. The van der Waals surface area contributed by atoms with Gasteiger partial charge in [-0.15, -0.1) is 0 Å². The Bertz CT molecular complexity index is 389. The standard InChI is InChI=1S/C10H12F2N2O3/c11-9(12)7(15)5-8-13-10(14-17-8)6-1-3-16-4-2-6/h6,9H,1-5H2. The van der Waals surface area contributed by atoms with Gasteiger partial charge in [-0.2, -0.15) is 4.98 Å². The average Bonchev–Trinajstić information content (AvgIpc) is 2.78. The molecule has 0 atom stereocenters. The largest absolute Gasteiger partial charge is 0.381 e.